The zero-order valence-electron chi connectivity index (χ0n) is 15.9. The first-order valence-corrected chi connectivity index (χ1v) is 10.4. The van der Waals surface area contributed by atoms with E-state index >= 15 is 0 Å². The van der Waals surface area contributed by atoms with Crippen molar-refractivity contribution < 1.29 is 14.3 Å². The quantitative estimate of drug-likeness (QED) is 0.467. The molecule has 0 bridgehead atoms. The number of benzene rings is 1. The molecule has 3 unspecified atom stereocenters. The number of carbonyl (C=O) groups excluding carboxylic acids is 2. The molecule has 0 radical (unpaired) electrons. The molecule has 2 aliphatic heterocycles. The second-order valence-electron chi connectivity index (χ2n) is 7.18. The molecule has 148 valence electrons. The molecule has 0 aromatic heterocycles. The summed E-state index contributed by atoms with van der Waals surface area (Å²) in [7, 11) is 3.98. The molecule has 2 aliphatic rings. The number of carbonyl (C=O) groups is 2. The van der Waals surface area contributed by atoms with Gasteiger partial charge in [-0.25, -0.2) is 9.59 Å². The number of hydrogen-bond donors (Lipinski definition) is 3. The number of rotatable bonds is 8. The van der Waals surface area contributed by atoms with Crippen LogP contribution in [0.4, 0.5) is 15.3 Å². The van der Waals surface area contributed by atoms with Gasteiger partial charge in [0.1, 0.15) is 6.61 Å². The van der Waals surface area contributed by atoms with Crippen molar-refractivity contribution in [2.75, 3.05) is 31.3 Å². The lowest BCUT2D eigenvalue weighted by Gasteiger charge is -2.16. The molecule has 0 aliphatic carbocycles. The van der Waals surface area contributed by atoms with Gasteiger partial charge in [0.15, 0.2) is 0 Å². The van der Waals surface area contributed by atoms with Gasteiger partial charge < -0.3 is 25.6 Å². The monoisotopic (exact) mass is 392 g/mol. The van der Waals surface area contributed by atoms with E-state index in [1.165, 1.54) is 0 Å². The minimum absolute atomic E-state index is 0.0453. The maximum absolute atomic E-state index is 11.8. The second kappa shape index (κ2) is 9.21. The fourth-order valence-corrected chi connectivity index (χ4v) is 4.94. The van der Waals surface area contributed by atoms with E-state index < -0.39 is 0 Å². The third-order valence-corrected chi connectivity index (χ3v) is 6.45. The lowest BCUT2D eigenvalue weighted by atomic mass is 10.0. The SMILES string of the molecule is CN(C)c1ccc(COC(=O)NCCCCC2SCC3NC(=O)NC32)cc1. The number of urea groups is 1. The van der Waals surface area contributed by atoms with E-state index in [-0.39, 0.29) is 30.8 Å². The van der Waals surface area contributed by atoms with E-state index in [0.717, 1.165) is 36.3 Å². The normalized spacial score (nSPS) is 23.3. The van der Waals surface area contributed by atoms with Crippen LogP contribution >= 0.6 is 11.8 Å². The maximum atomic E-state index is 11.8. The first kappa shape index (κ1) is 19.7. The van der Waals surface area contributed by atoms with Crippen LogP contribution in [0, 0.1) is 0 Å². The van der Waals surface area contributed by atoms with Crippen LogP contribution in [0.1, 0.15) is 24.8 Å². The third kappa shape index (κ3) is 5.45. The van der Waals surface area contributed by atoms with Gasteiger partial charge in [0.05, 0.1) is 12.1 Å². The summed E-state index contributed by atoms with van der Waals surface area (Å²) in [4.78, 5) is 25.2. The summed E-state index contributed by atoms with van der Waals surface area (Å²) in [6.07, 6.45) is 2.59. The van der Waals surface area contributed by atoms with Gasteiger partial charge in [-0.1, -0.05) is 18.6 Å². The van der Waals surface area contributed by atoms with Crippen LogP contribution in [0.5, 0.6) is 0 Å². The number of amides is 3. The molecule has 3 amide bonds. The molecular weight excluding hydrogens is 364 g/mol. The highest BCUT2D eigenvalue weighted by Crippen LogP contribution is 2.32. The van der Waals surface area contributed by atoms with Crippen molar-refractivity contribution in [3.05, 3.63) is 29.8 Å². The van der Waals surface area contributed by atoms with E-state index in [1.807, 2.05) is 55.0 Å². The summed E-state index contributed by atoms with van der Waals surface area (Å²) in [6, 6.07) is 8.41. The minimum atomic E-state index is -0.380. The van der Waals surface area contributed by atoms with Crippen molar-refractivity contribution in [2.24, 2.45) is 0 Å². The predicted molar refractivity (Wildman–Crippen MR) is 108 cm³/mol. The molecule has 2 saturated heterocycles. The largest absolute Gasteiger partial charge is 0.445 e. The zero-order chi connectivity index (χ0) is 19.2. The van der Waals surface area contributed by atoms with Crippen LogP contribution in [-0.2, 0) is 11.3 Å². The number of thioether (sulfide) groups is 1. The molecule has 3 rings (SSSR count). The number of anilines is 1. The molecule has 2 heterocycles. The average Bonchev–Trinajstić information content (AvgIpc) is 3.19. The van der Waals surface area contributed by atoms with Gasteiger partial charge in [0.2, 0.25) is 0 Å². The van der Waals surface area contributed by atoms with Crippen molar-refractivity contribution in [3.63, 3.8) is 0 Å². The van der Waals surface area contributed by atoms with E-state index in [9.17, 15) is 9.59 Å². The van der Waals surface area contributed by atoms with Crippen molar-refractivity contribution in [3.8, 4) is 0 Å². The number of nitrogens with zero attached hydrogens (tertiary/aromatic N) is 1. The Balaban J connectivity index is 1.26. The smallest absolute Gasteiger partial charge is 0.407 e. The Morgan fingerprint density at radius 2 is 2.04 bits per heavy atom. The highest BCUT2D eigenvalue weighted by atomic mass is 32.2. The van der Waals surface area contributed by atoms with Crippen LogP contribution in [-0.4, -0.2) is 55.9 Å². The standard InChI is InChI=1S/C19H28N4O3S/c1-23(2)14-8-6-13(7-9-14)11-26-19(25)20-10-4-3-5-16-17-15(12-27-16)21-18(24)22-17/h6-9,15-17H,3-5,10-12H2,1-2H3,(H,20,25)(H2,21,22,24). The molecule has 0 spiro atoms. The Morgan fingerprint density at radius 3 is 2.78 bits per heavy atom. The molecule has 27 heavy (non-hydrogen) atoms. The average molecular weight is 393 g/mol. The number of alkyl carbamates (subject to hydrolysis) is 1. The van der Waals surface area contributed by atoms with Crippen molar-refractivity contribution in [1.82, 2.24) is 16.0 Å². The Hall–Kier alpha value is -2.09. The van der Waals surface area contributed by atoms with Gasteiger partial charge in [0.25, 0.3) is 0 Å². The lowest BCUT2D eigenvalue weighted by molar-refractivity contribution is 0.139. The Labute approximate surface area is 164 Å². The van der Waals surface area contributed by atoms with Crippen LogP contribution in [0.3, 0.4) is 0 Å². The first-order chi connectivity index (χ1) is 13.0. The predicted octanol–water partition coefficient (Wildman–Crippen LogP) is 2.31. The highest BCUT2D eigenvalue weighted by Gasteiger charge is 2.42. The summed E-state index contributed by atoms with van der Waals surface area (Å²) < 4.78 is 5.25. The van der Waals surface area contributed by atoms with Gasteiger partial charge in [-0.05, 0) is 30.5 Å². The third-order valence-electron chi connectivity index (χ3n) is 4.95. The van der Waals surface area contributed by atoms with E-state index in [4.69, 9.17) is 4.74 Å². The highest BCUT2D eigenvalue weighted by molar-refractivity contribution is 8.00. The molecule has 0 saturated carbocycles. The van der Waals surface area contributed by atoms with Crippen LogP contribution in [0.15, 0.2) is 24.3 Å². The summed E-state index contributed by atoms with van der Waals surface area (Å²) in [5.74, 6) is 0.980. The van der Waals surface area contributed by atoms with E-state index in [1.54, 1.807) is 0 Å². The van der Waals surface area contributed by atoms with Crippen LogP contribution in [0.2, 0.25) is 0 Å². The second-order valence-corrected chi connectivity index (χ2v) is 8.45. The molecule has 8 heteroatoms. The van der Waals surface area contributed by atoms with Crippen molar-refractivity contribution in [2.45, 2.75) is 43.2 Å². The molecule has 1 aromatic rings. The summed E-state index contributed by atoms with van der Waals surface area (Å²) in [5, 5.41) is 9.22. The summed E-state index contributed by atoms with van der Waals surface area (Å²) in [6.45, 7) is 0.877. The van der Waals surface area contributed by atoms with Gasteiger partial charge in [-0.15, -0.1) is 0 Å². The first-order valence-electron chi connectivity index (χ1n) is 9.38. The molecule has 3 N–H and O–H groups in total. The van der Waals surface area contributed by atoms with Gasteiger partial charge >= 0.3 is 12.1 Å². The summed E-state index contributed by atoms with van der Waals surface area (Å²) in [5.41, 5.74) is 2.08. The Morgan fingerprint density at radius 1 is 1.26 bits per heavy atom. The van der Waals surface area contributed by atoms with Crippen LogP contribution < -0.4 is 20.9 Å². The minimum Gasteiger partial charge on any atom is -0.445 e. The Kier molecular flexibility index (Phi) is 6.71. The molecule has 7 nitrogen and oxygen atoms in total. The molecule has 2 fully saturated rings. The van der Waals surface area contributed by atoms with Crippen molar-refractivity contribution >= 4 is 29.6 Å². The maximum Gasteiger partial charge on any atom is 0.407 e. The van der Waals surface area contributed by atoms with Crippen LogP contribution in [0.25, 0.3) is 0 Å². The van der Waals surface area contributed by atoms with Gasteiger partial charge in [-0.3, -0.25) is 0 Å². The van der Waals surface area contributed by atoms with Gasteiger partial charge in [0, 0.05) is 37.3 Å². The Bertz CT molecular complexity index is 653. The van der Waals surface area contributed by atoms with Crippen molar-refractivity contribution in [1.29, 1.82) is 0 Å². The summed E-state index contributed by atoms with van der Waals surface area (Å²) >= 11 is 1.92. The number of ether oxygens (including phenoxy) is 1. The number of nitrogens with one attached hydrogen (secondary N) is 3. The fraction of sp³-hybridized carbons (Fsp3) is 0.579. The zero-order valence-corrected chi connectivity index (χ0v) is 16.7. The molecule has 1 aromatic carbocycles. The lowest BCUT2D eigenvalue weighted by Crippen LogP contribution is -2.36. The van der Waals surface area contributed by atoms with Gasteiger partial charge in [-0.2, -0.15) is 11.8 Å². The topological polar surface area (TPSA) is 82.7 Å². The number of hydrogen-bond acceptors (Lipinski definition) is 5. The molecular formula is C19H28N4O3S. The van der Waals surface area contributed by atoms with E-state index in [0.29, 0.717) is 11.8 Å². The number of unbranched alkanes of at least 4 members (excludes halogenated alkanes) is 1. The number of fused-ring (bicyclic) bond motifs is 1. The fourth-order valence-electron chi connectivity index (χ4n) is 3.39. The molecule has 3 atom stereocenters. The van der Waals surface area contributed by atoms with E-state index in [2.05, 4.69) is 16.0 Å².